The molecular formula is C13H22N4O2. The summed E-state index contributed by atoms with van der Waals surface area (Å²) < 4.78 is 5.38. The summed E-state index contributed by atoms with van der Waals surface area (Å²) >= 11 is 0. The van der Waals surface area contributed by atoms with Gasteiger partial charge in [-0.05, 0) is 33.2 Å². The largest absolute Gasteiger partial charge is 0.384 e. The molecule has 0 aromatic carbocycles. The van der Waals surface area contributed by atoms with E-state index in [0.717, 1.165) is 12.2 Å². The fourth-order valence-electron chi connectivity index (χ4n) is 1.51. The number of nitrogens with two attached hydrogens (primary N) is 1. The lowest BCUT2D eigenvalue weighted by Gasteiger charge is -2.10. The minimum Gasteiger partial charge on any atom is -0.384 e. The van der Waals surface area contributed by atoms with Crippen LogP contribution < -0.4 is 11.1 Å². The van der Waals surface area contributed by atoms with Crippen LogP contribution in [-0.2, 0) is 4.74 Å². The molecule has 1 aromatic heterocycles. The van der Waals surface area contributed by atoms with E-state index in [1.807, 2.05) is 19.0 Å². The number of nitrogens with zero attached hydrogens (tertiary/aromatic N) is 2. The van der Waals surface area contributed by atoms with Crippen molar-refractivity contribution in [3.05, 3.63) is 23.4 Å². The number of ether oxygens (including phenoxy) is 1. The van der Waals surface area contributed by atoms with Crippen LogP contribution in [0.15, 0.2) is 12.1 Å². The highest BCUT2D eigenvalue weighted by molar-refractivity contribution is 5.94. The van der Waals surface area contributed by atoms with Gasteiger partial charge in [0.25, 0.3) is 5.91 Å². The number of rotatable bonds is 7. The topological polar surface area (TPSA) is 80.5 Å². The minimum atomic E-state index is -0.159. The first-order valence-electron chi connectivity index (χ1n) is 6.24. The number of anilines is 1. The molecule has 19 heavy (non-hydrogen) atoms. The van der Waals surface area contributed by atoms with Gasteiger partial charge in [-0.25, -0.2) is 4.98 Å². The van der Waals surface area contributed by atoms with Gasteiger partial charge in [-0.2, -0.15) is 0 Å². The number of nitrogen functional groups attached to an aromatic ring is 1. The second-order valence-corrected chi connectivity index (χ2v) is 4.59. The third kappa shape index (κ3) is 6.17. The molecule has 0 saturated heterocycles. The minimum absolute atomic E-state index is 0.159. The van der Waals surface area contributed by atoms with E-state index in [4.69, 9.17) is 10.5 Å². The highest BCUT2D eigenvalue weighted by Crippen LogP contribution is 2.06. The lowest BCUT2D eigenvalue weighted by Crippen LogP contribution is -2.28. The fraction of sp³-hybridized carbons (Fsp3) is 0.538. The zero-order chi connectivity index (χ0) is 14.3. The van der Waals surface area contributed by atoms with E-state index in [1.165, 1.54) is 0 Å². The smallest absolute Gasteiger partial charge is 0.251 e. The molecular weight excluding hydrogens is 244 g/mol. The van der Waals surface area contributed by atoms with Gasteiger partial charge in [-0.15, -0.1) is 0 Å². The maximum Gasteiger partial charge on any atom is 0.251 e. The Labute approximate surface area is 113 Å². The number of likely N-dealkylation sites (N-methyl/N-ethyl adjacent to an activating group) is 1. The summed E-state index contributed by atoms with van der Waals surface area (Å²) in [5.74, 6) is 0.195. The Morgan fingerprint density at radius 2 is 2.16 bits per heavy atom. The van der Waals surface area contributed by atoms with Crippen LogP contribution in [-0.4, -0.2) is 56.2 Å². The molecule has 0 fully saturated rings. The molecule has 1 aromatic rings. The Morgan fingerprint density at radius 1 is 1.42 bits per heavy atom. The normalized spacial score (nSPS) is 10.7. The Kier molecular flexibility index (Phi) is 6.24. The van der Waals surface area contributed by atoms with Crippen LogP contribution in [0.1, 0.15) is 16.1 Å². The summed E-state index contributed by atoms with van der Waals surface area (Å²) in [6, 6.07) is 3.27. The van der Waals surface area contributed by atoms with Crippen molar-refractivity contribution < 1.29 is 9.53 Å². The quantitative estimate of drug-likeness (QED) is 0.693. The maximum absolute atomic E-state index is 11.8. The Hall–Kier alpha value is -1.66. The first-order chi connectivity index (χ1) is 8.99. The van der Waals surface area contributed by atoms with Crippen LogP contribution in [0.25, 0.3) is 0 Å². The van der Waals surface area contributed by atoms with Gasteiger partial charge in [-0.1, -0.05) is 0 Å². The van der Waals surface area contributed by atoms with Crippen molar-refractivity contribution in [2.24, 2.45) is 0 Å². The van der Waals surface area contributed by atoms with Gasteiger partial charge in [0.1, 0.15) is 5.82 Å². The van der Waals surface area contributed by atoms with Crippen molar-refractivity contribution in [3.8, 4) is 0 Å². The van der Waals surface area contributed by atoms with Crippen LogP contribution in [0.2, 0.25) is 0 Å². The molecule has 0 aliphatic carbocycles. The van der Waals surface area contributed by atoms with Gasteiger partial charge >= 0.3 is 0 Å². The number of amides is 1. The maximum atomic E-state index is 11.8. The number of carbonyl (C=O) groups excluding carboxylic acids is 1. The van der Waals surface area contributed by atoms with Crippen molar-refractivity contribution in [1.82, 2.24) is 15.2 Å². The molecule has 0 radical (unpaired) electrons. The molecule has 1 rings (SSSR count). The predicted octanol–water partition coefficient (Wildman–Crippen LogP) is 0.280. The molecule has 0 atom stereocenters. The van der Waals surface area contributed by atoms with Crippen LogP contribution in [0.4, 0.5) is 5.82 Å². The van der Waals surface area contributed by atoms with E-state index < -0.39 is 0 Å². The van der Waals surface area contributed by atoms with E-state index in [1.54, 1.807) is 19.1 Å². The third-order valence-electron chi connectivity index (χ3n) is 2.45. The first-order valence-corrected chi connectivity index (χ1v) is 6.24. The zero-order valence-electron chi connectivity index (χ0n) is 11.8. The fourth-order valence-corrected chi connectivity index (χ4v) is 1.51. The lowest BCUT2D eigenvalue weighted by molar-refractivity contribution is 0.0900. The highest BCUT2D eigenvalue weighted by atomic mass is 16.5. The molecule has 1 amide bonds. The van der Waals surface area contributed by atoms with Crippen molar-refractivity contribution in [2.45, 2.75) is 6.92 Å². The number of aryl methyl sites for hydroxylation is 1. The van der Waals surface area contributed by atoms with E-state index in [2.05, 4.69) is 10.3 Å². The Bertz CT molecular complexity index is 401. The van der Waals surface area contributed by atoms with E-state index >= 15 is 0 Å². The number of pyridine rings is 1. The molecule has 106 valence electrons. The monoisotopic (exact) mass is 266 g/mol. The molecule has 6 nitrogen and oxygen atoms in total. The molecule has 0 spiro atoms. The SMILES string of the molecule is Cc1cc(C(=O)NCCOCCN(C)C)cc(N)n1. The molecule has 0 aliphatic rings. The third-order valence-corrected chi connectivity index (χ3v) is 2.45. The van der Waals surface area contributed by atoms with Crippen molar-refractivity contribution in [2.75, 3.05) is 46.1 Å². The van der Waals surface area contributed by atoms with Gasteiger partial charge in [0.15, 0.2) is 0 Å². The summed E-state index contributed by atoms with van der Waals surface area (Å²) in [4.78, 5) is 17.9. The summed E-state index contributed by atoms with van der Waals surface area (Å²) in [7, 11) is 3.97. The number of nitrogens with one attached hydrogen (secondary N) is 1. The number of hydrogen-bond acceptors (Lipinski definition) is 5. The van der Waals surface area contributed by atoms with E-state index in [0.29, 0.717) is 31.1 Å². The zero-order valence-corrected chi connectivity index (χ0v) is 11.8. The van der Waals surface area contributed by atoms with E-state index in [9.17, 15) is 4.79 Å². The number of carbonyl (C=O) groups is 1. The molecule has 0 saturated carbocycles. The van der Waals surface area contributed by atoms with Crippen LogP contribution in [0.3, 0.4) is 0 Å². The van der Waals surface area contributed by atoms with Crippen LogP contribution in [0.5, 0.6) is 0 Å². The van der Waals surface area contributed by atoms with Crippen molar-refractivity contribution >= 4 is 11.7 Å². The summed E-state index contributed by atoms with van der Waals surface area (Å²) in [6.45, 7) is 4.31. The van der Waals surface area contributed by atoms with Gasteiger partial charge < -0.3 is 20.7 Å². The van der Waals surface area contributed by atoms with Gasteiger partial charge in [0.05, 0.1) is 13.2 Å². The van der Waals surface area contributed by atoms with Gasteiger partial charge in [0.2, 0.25) is 0 Å². The molecule has 0 aliphatic heterocycles. The average Bonchev–Trinajstić information content (AvgIpc) is 2.31. The lowest BCUT2D eigenvalue weighted by atomic mass is 10.2. The Morgan fingerprint density at radius 3 is 2.79 bits per heavy atom. The highest BCUT2D eigenvalue weighted by Gasteiger charge is 2.06. The second-order valence-electron chi connectivity index (χ2n) is 4.59. The summed E-state index contributed by atoms with van der Waals surface area (Å²) in [6.07, 6.45) is 0. The summed E-state index contributed by atoms with van der Waals surface area (Å²) in [5.41, 5.74) is 6.85. The van der Waals surface area contributed by atoms with Gasteiger partial charge in [0, 0.05) is 24.3 Å². The predicted molar refractivity (Wildman–Crippen MR) is 75.1 cm³/mol. The van der Waals surface area contributed by atoms with Gasteiger partial charge in [-0.3, -0.25) is 4.79 Å². The average molecular weight is 266 g/mol. The molecule has 0 bridgehead atoms. The molecule has 1 heterocycles. The molecule has 3 N–H and O–H groups in total. The molecule has 6 heteroatoms. The first kappa shape index (κ1) is 15.4. The second kappa shape index (κ2) is 7.70. The summed E-state index contributed by atoms with van der Waals surface area (Å²) in [5, 5.41) is 2.78. The van der Waals surface area contributed by atoms with Crippen molar-refractivity contribution in [1.29, 1.82) is 0 Å². The van der Waals surface area contributed by atoms with E-state index in [-0.39, 0.29) is 5.91 Å². The van der Waals surface area contributed by atoms with Crippen LogP contribution >= 0.6 is 0 Å². The standard InChI is InChI=1S/C13H22N4O2/c1-10-8-11(9-12(14)16-10)13(18)15-4-6-19-7-5-17(2)3/h8-9H,4-7H2,1-3H3,(H2,14,16)(H,15,18). The van der Waals surface area contributed by atoms with Crippen molar-refractivity contribution in [3.63, 3.8) is 0 Å². The van der Waals surface area contributed by atoms with Crippen LogP contribution in [0, 0.1) is 6.92 Å². The number of hydrogen-bond donors (Lipinski definition) is 2. The Balaban J connectivity index is 2.27. The number of aromatic nitrogens is 1. The molecule has 0 unspecified atom stereocenters.